The van der Waals surface area contributed by atoms with E-state index in [1.807, 2.05) is 0 Å². The van der Waals surface area contributed by atoms with Crippen molar-refractivity contribution in [2.45, 2.75) is 0 Å². The number of aromatic amines is 2. The summed E-state index contributed by atoms with van der Waals surface area (Å²) in [6.45, 7) is 0. The topological polar surface area (TPSA) is 139 Å². The molecule has 3 aromatic heterocycles. The Balaban J connectivity index is 2.38. The molecule has 0 aliphatic carbocycles. The van der Waals surface area contributed by atoms with Crippen LogP contribution in [0, 0.1) is 10.1 Å². The van der Waals surface area contributed by atoms with E-state index in [9.17, 15) is 10.1 Å². The quantitative estimate of drug-likeness (QED) is 0.469. The lowest BCUT2D eigenvalue weighted by molar-refractivity contribution is -0.382. The molecule has 0 radical (unpaired) electrons. The van der Waals surface area contributed by atoms with Gasteiger partial charge in [-0.15, -0.1) is 15.3 Å². The standard InChI is InChI=1S/C7H4N8O2/c16-15(17)5-3(6-8-1-2-9-6)10-12-7-4(5)11-14-13-7/h1-2H,(H,8,9)(H,11,12,13,14). The molecule has 0 aliphatic rings. The Morgan fingerprint density at radius 1 is 1.29 bits per heavy atom. The van der Waals surface area contributed by atoms with E-state index in [0.717, 1.165) is 0 Å². The summed E-state index contributed by atoms with van der Waals surface area (Å²) in [6, 6.07) is 0. The summed E-state index contributed by atoms with van der Waals surface area (Å²) >= 11 is 0. The monoisotopic (exact) mass is 232 g/mol. The first-order valence-electron chi connectivity index (χ1n) is 4.49. The third-order valence-corrected chi connectivity index (χ3v) is 2.14. The van der Waals surface area contributed by atoms with Gasteiger partial charge in [-0.05, 0) is 0 Å². The Bertz CT molecular complexity index is 687. The molecule has 0 fully saturated rings. The molecule has 3 aromatic rings. The average molecular weight is 232 g/mol. The first-order chi connectivity index (χ1) is 8.27. The predicted molar refractivity (Wildman–Crippen MR) is 53.7 cm³/mol. The third-order valence-electron chi connectivity index (χ3n) is 2.14. The largest absolute Gasteiger partial charge is 0.343 e. The average Bonchev–Trinajstić information content (AvgIpc) is 2.98. The molecule has 0 aliphatic heterocycles. The van der Waals surface area contributed by atoms with Crippen molar-refractivity contribution in [3.8, 4) is 11.5 Å². The van der Waals surface area contributed by atoms with Crippen LogP contribution in [0.1, 0.15) is 0 Å². The maximum Gasteiger partial charge on any atom is 0.329 e. The number of hydrogen-bond acceptors (Lipinski definition) is 7. The number of aromatic nitrogens is 7. The summed E-state index contributed by atoms with van der Waals surface area (Å²) < 4.78 is 0. The first kappa shape index (κ1) is 9.33. The highest BCUT2D eigenvalue weighted by Crippen LogP contribution is 2.29. The Morgan fingerprint density at radius 3 is 2.88 bits per heavy atom. The highest BCUT2D eigenvalue weighted by atomic mass is 16.6. The van der Waals surface area contributed by atoms with Gasteiger partial charge in [-0.1, -0.05) is 5.21 Å². The van der Waals surface area contributed by atoms with Crippen LogP contribution in [-0.4, -0.2) is 40.5 Å². The van der Waals surface area contributed by atoms with Crippen LogP contribution >= 0.6 is 0 Å². The van der Waals surface area contributed by atoms with E-state index in [4.69, 9.17) is 0 Å². The van der Waals surface area contributed by atoms with Crippen LogP contribution in [0.25, 0.3) is 22.7 Å². The molecular weight excluding hydrogens is 228 g/mol. The molecule has 0 bridgehead atoms. The molecule has 84 valence electrons. The third kappa shape index (κ3) is 1.31. The van der Waals surface area contributed by atoms with E-state index < -0.39 is 4.92 Å². The molecule has 0 saturated heterocycles. The molecule has 0 atom stereocenters. The predicted octanol–water partition coefficient (Wildman–Crippen LogP) is 0.0462. The van der Waals surface area contributed by atoms with Gasteiger partial charge in [0.25, 0.3) is 0 Å². The summed E-state index contributed by atoms with van der Waals surface area (Å²) in [7, 11) is 0. The van der Waals surface area contributed by atoms with Crippen molar-refractivity contribution in [1.29, 1.82) is 0 Å². The molecule has 0 unspecified atom stereocenters. The smallest absolute Gasteiger partial charge is 0.329 e. The highest BCUT2D eigenvalue weighted by molar-refractivity contribution is 5.86. The van der Waals surface area contributed by atoms with Crippen molar-refractivity contribution in [2.75, 3.05) is 0 Å². The molecule has 0 saturated carbocycles. The fourth-order valence-electron chi connectivity index (χ4n) is 1.45. The molecule has 2 N–H and O–H groups in total. The summed E-state index contributed by atoms with van der Waals surface area (Å²) in [6.07, 6.45) is 3.01. The summed E-state index contributed by atoms with van der Waals surface area (Å²) in [5.41, 5.74) is -0.00286. The normalized spacial score (nSPS) is 10.8. The molecule has 10 nitrogen and oxygen atoms in total. The van der Waals surface area contributed by atoms with Crippen molar-refractivity contribution >= 4 is 16.9 Å². The Kier molecular flexibility index (Phi) is 1.81. The number of nitrogens with one attached hydrogen (secondary N) is 2. The second-order valence-corrected chi connectivity index (χ2v) is 3.10. The van der Waals surface area contributed by atoms with Crippen LogP contribution in [0.2, 0.25) is 0 Å². The highest BCUT2D eigenvalue weighted by Gasteiger charge is 2.26. The maximum atomic E-state index is 11.0. The number of nitrogens with zero attached hydrogens (tertiary/aromatic N) is 6. The lowest BCUT2D eigenvalue weighted by Crippen LogP contribution is -1.99. The fraction of sp³-hybridized carbons (Fsp3) is 0. The molecule has 10 heteroatoms. The zero-order chi connectivity index (χ0) is 11.8. The second kappa shape index (κ2) is 3.30. The lowest BCUT2D eigenvalue weighted by Gasteiger charge is -1.97. The molecule has 17 heavy (non-hydrogen) atoms. The van der Waals surface area contributed by atoms with Crippen LogP contribution < -0.4 is 0 Å². The van der Waals surface area contributed by atoms with E-state index >= 15 is 0 Å². The molecule has 3 rings (SSSR count). The fourth-order valence-corrected chi connectivity index (χ4v) is 1.45. The number of H-pyrrole nitrogens is 2. The van der Waals surface area contributed by atoms with Crippen LogP contribution in [0.5, 0.6) is 0 Å². The molecular formula is C7H4N8O2. The van der Waals surface area contributed by atoms with Crippen LogP contribution in [-0.2, 0) is 0 Å². The first-order valence-corrected chi connectivity index (χ1v) is 4.49. The SMILES string of the molecule is O=[N+]([O-])c1c(-c2ncc[nH]2)nnc2nn[nH]c12. The zero-order valence-corrected chi connectivity index (χ0v) is 8.15. The number of fused-ring (bicyclic) bond motifs is 1. The number of rotatable bonds is 2. The van der Waals surface area contributed by atoms with E-state index in [1.54, 1.807) is 0 Å². The molecule has 0 aromatic carbocycles. The van der Waals surface area contributed by atoms with E-state index in [1.165, 1.54) is 12.4 Å². The minimum absolute atomic E-state index is 0.0403. The number of hydrogen-bond donors (Lipinski definition) is 2. The minimum atomic E-state index is -0.575. The zero-order valence-electron chi connectivity index (χ0n) is 8.15. The van der Waals surface area contributed by atoms with Crippen molar-refractivity contribution in [3.05, 3.63) is 22.5 Å². The van der Waals surface area contributed by atoms with Gasteiger partial charge >= 0.3 is 5.69 Å². The molecule has 0 spiro atoms. The van der Waals surface area contributed by atoms with Crippen molar-refractivity contribution in [1.82, 2.24) is 35.6 Å². The number of imidazole rings is 1. The van der Waals surface area contributed by atoms with Crippen LogP contribution in [0.4, 0.5) is 5.69 Å². The van der Waals surface area contributed by atoms with Gasteiger partial charge < -0.3 is 4.98 Å². The van der Waals surface area contributed by atoms with Crippen molar-refractivity contribution in [3.63, 3.8) is 0 Å². The van der Waals surface area contributed by atoms with Gasteiger partial charge in [0.15, 0.2) is 11.3 Å². The van der Waals surface area contributed by atoms with Crippen molar-refractivity contribution < 1.29 is 4.92 Å². The summed E-state index contributed by atoms with van der Waals surface area (Å²) in [4.78, 5) is 17.1. The van der Waals surface area contributed by atoms with Gasteiger partial charge in [0.2, 0.25) is 11.3 Å². The second-order valence-electron chi connectivity index (χ2n) is 3.10. The lowest BCUT2D eigenvalue weighted by atomic mass is 10.3. The van der Waals surface area contributed by atoms with Gasteiger partial charge in [0.05, 0.1) is 4.92 Å². The van der Waals surface area contributed by atoms with Gasteiger partial charge in [-0.2, -0.15) is 0 Å². The van der Waals surface area contributed by atoms with Crippen LogP contribution in [0.15, 0.2) is 12.4 Å². The minimum Gasteiger partial charge on any atom is -0.343 e. The Labute approximate surface area is 92.2 Å². The van der Waals surface area contributed by atoms with E-state index in [-0.39, 0.29) is 28.4 Å². The molecule has 3 heterocycles. The Hall–Kier alpha value is -2.91. The molecule has 0 amide bonds. The van der Waals surface area contributed by atoms with Crippen molar-refractivity contribution in [2.24, 2.45) is 0 Å². The van der Waals surface area contributed by atoms with Gasteiger partial charge in [0.1, 0.15) is 0 Å². The summed E-state index contributed by atoms with van der Waals surface area (Å²) in [5.74, 6) is 0.265. The maximum absolute atomic E-state index is 11.0. The summed E-state index contributed by atoms with van der Waals surface area (Å²) in [5, 5.41) is 28.0. The van der Waals surface area contributed by atoms with E-state index in [2.05, 4.69) is 35.6 Å². The van der Waals surface area contributed by atoms with E-state index in [0.29, 0.717) is 0 Å². The van der Waals surface area contributed by atoms with Gasteiger partial charge in [-0.3, -0.25) is 10.1 Å². The Morgan fingerprint density at radius 2 is 2.18 bits per heavy atom. The van der Waals surface area contributed by atoms with Gasteiger partial charge in [0, 0.05) is 12.4 Å². The number of nitro groups is 1. The van der Waals surface area contributed by atoms with Gasteiger partial charge in [-0.25, -0.2) is 10.1 Å². The van der Waals surface area contributed by atoms with Crippen LogP contribution in [0.3, 0.4) is 0 Å².